The van der Waals surface area contributed by atoms with Gasteiger partial charge in [0.25, 0.3) is 0 Å². The zero-order valence-electron chi connectivity index (χ0n) is 11.9. The molecule has 102 valence electrons. The van der Waals surface area contributed by atoms with Gasteiger partial charge >= 0.3 is 0 Å². The molecular weight excluding hydrogens is 236 g/mol. The molecule has 0 unspecified atom stereocenters. The average molecular weight is 258 g/mol. The van der Waals surface area contributed by atoms with E-state index in [1.54, 1.807) is 0 Å². The Kier molecular flexibility index (Phi) is 4.63. The Morgan fingerprint density at radius 3 is 2.53 bits per heavy atom. The lowest BCUT2D eigenvalue weighted by molar-refractivity contribution is 0.313. The molecule has 0 amide bonds. The van der Waals surface area contributed by atoms with Gasteiger partial charge in [0.2, 0.25) is 0 Å². The van der Waals surface area contributed by atoms with Gasteiger partial charge in [-0.05, 0) is 37.6 Å². The van der Waals surface area contributed by atoms with Crippen LogP contribution >= 0.6 is 0 Å². The van der Waals surface area contributed by atoms with Crippen LogP contribution < -0.4 is 10.1 Å². The molecule has 0 saturated heterocycles. The van der Waals surface area contributed by atoms with Crippen LogP contribution in [0.2, 0.25) is 0 Å². The molecule has 1 heterocycles. The van der Waals surface area contributed by atoms with Gasteiger partial charge in [-0.3, -0.25) is 0 Å². The Morgan fingerprint density at radius 2 is 1.89 bits per heavy atom. The molecule has 3 nitrogen and oxygen atoms in total. The molecule has 1 aromatic heterocycles. The number of nitrogens with zero attached hydrogens (tertiary/aromatic N) is 1. The topological polar surface area (TPSA) is 26.2 Å². The standard InChI is InChI=1S/C16H22N2O/c1-13-11-15(14(2)18(13)3)12-17-9-10-19-16-7-5-4-6-8-16/h4-8,11,17H,9-10,12H2,1-3H3. The van der Waals surface area contributed by atoms with Crippen LogP contribution in [-0.2, 0) is 13.6 Å². The van der Waals surface area contributed by atoms with Gasteiger partial charge in [-0.2, -0.15) is 0 Å². The summed E-state index contributed by atoms with van der Waals surface area (Å²) in [5.74, 6) is 0.927. The first-order valence-electron chi connectivity index (χ1n) is 6.69. The summed E-state index contributed by atoms with van der Waals surface area (Å²) >= 11 is 0. The number of aryl methyl sites for hydroxylation is 1. The highest BCUT2D eigenvalue weighted by molar-refractivity contribution is 5.26. The maximum atomic E-state index is 5.64. The summed E-state index contributed by atoms with van der Waals surface area (Å²) in [7, 11) is 2.10. The first-order chi connectivity index (χ1) is 9.18. The quantitative estimate of drug-likeness (QED) is 0.806. The van der Waals surface area contributed by atoms with E-state index in [9.17, 15) is 0 Å². The molecule has 1 aromatic carbocycles. The highest BCUT2D eigenvalue weighted by atomic mass is 16.5. The second-order valence-electron chi connectivity index (χ2n) is 4.79. The van der Waals surface area contributed by atoms with Gasteiger partial charge in [0, 0.05) is 31.5 Å². The number of ether oxygens (including phenoxy) is 1. The SMILES string of the molecule is Cc1cc(CNCCOc2ccccc2)c(C)n1C. The molecule has 0 fully saturated rings. The van der Waals surface area contributed by atoms with Crippen molar-refractivity contribution in [3.8, 4) is 5.75 Å². The Labute approximate surface area is 115 Å². The number of hydrogen-bond acceptors (Lipinski definition) is 2. The number of benzene rings is 1. The van der Waals surface area contributed by atoms with Crippen molar-refractivity contribution in [3.63, 3.8) is 0 Å². The fourth-order valence-corrected chi connectivity index (χ4v) is 2.09. The molecule has 0 aliphatic rings. The van der Waals surface area contributed by atoms with E-state index < -0.39 is 0 Å². The van der Waals surface area contributed by atoms with Crippen molar-refractivity contribution < 1.29 is 4.74 Å². The van der Waals surface area contributed by atoms with E-state index >= 15 is 0 Å². The van der Waals surface area contributed by atoms with Gasteiger partial charge in [-0.1, -0.05) is 18.2 Å². The molecule has 2 aromatic rings. The predicted molar refractivity (Wildman–Crippen MR) is 78.5 cm³/mol. The summed E-state index contributed by atoms with van der Waals surface area (Å²) in [5, 5.41) is 3.41. The molecular formula is C16H22N2O. The Hall–Kier alpha value is -1.74. The van der Waals surface area contributed by atoms with Crippen LogP contribution in [0.4, 0.5) is 0 Å². The van der Waals surface area contributed by atoms with Crippen molar-refractivity contribution in [1.82, 2.24) is 9.88 Å². The van der Waals surface area contributed by atoms with E-state index in [0.29, 0.717) is 6.61 Å². The van der Waals surface area contributed by atoms with Gasteiger partial charge < -0.3 is 14.6 Å². The number of nitrogens with one attached hydrogen (secondary N) is 1. The molecule has 1 N–H and O–H groups in total. The lowest BCUT2D eigenvalue weighted by Gasteiger charge is -2.07. The predicted octanol–water partition coefficient (Wildman–Crippen LogP) is 2.81. The van der Waals surface area contributed by atoms with Gasteiger partial charge in [0.15, 0.2) is 0 Å². The fourth-order valence-electron chi connectivity index (χ4n) is 2.09. The molecule has 0 radical (unpaired) electrons. The summed E-state index contributed by atoms with van der Waals surface area (Å²) in [6.45, 7) is 6.72. The van der Waals surface area contributed by atoms with Crippen LogP contribution in [0, 0.1) is 13.8 Å². The number of hydrogen-bond donors (Lipinski definition) is 1. The van der Waals surface area contributed by atoms with E-state index in [2.05, 4.69) is 36.8 Å². The monoisotopic (exact) mass is 258 g/mol. The van der Waals surface area contributed by atoms with Gasteiger partial charge in [-0.15, -0.1) is 0 Å². The van der Waals surface area contributed by atoms with Gasteiger partial charge in [0.05, 0.1) is 0 Å². The zero-order chi connectivity index (χ0) is 13.7. The van der Waals surface area contributed by atoms with E-state index in [0.717, 1.165) is 18.8 Å². The normalized spacial score (nSPS) is 10.7. The van der Waals surface area contributed by atoms with Crippen molar-refractivity contribution >= 4 is 0 Å². The van der Waals surface area contributed by atoms with Crippen LogP contribution in [-0.4, -0.2) is 17.7 Å². The minimum atomic E-state index is 0.689. The van der Waals surface area contributed by atoms with Crippen molar-refractivity contribution in [2.24, 2.45) is 7.05 Å². The summed E-state index contributed by atoms with van der Waals surface area (Å²) < 4.78 is 7.86. The molecule has 3 heteroatoms. The highest BCUT2D eigenvalue weighted by Crippen LogP contribution is 2.12. The largest absolute Gasteiger partial charge is 0.492 e. The molecule has 0 saturated carbocycles. The summed E-state index contributed by atoms with van der Waals surface area (Å²) in [6, 6.07) is 12.2. The minimum Gasteiger partial charge on any atom is -0.492 e. The summed E-state index contributed by atoms with van der Waals surface area (Å²) in [6.07, 6.45) is 0. The van der Waals surface area contributed by atoms with Crippen LogP contribution in [0.1, 0.15) is 17.0 Å². The number of rotatable bonds is 6. The van der Waals surface area contributed by atoms with E-state index in [1.807, 2.05) is 30.3 Å². The van der Waals surface area contributed by atoms with Crippen LogP contribution in [0.3, 0.4) is 0 Å². The first kappa shape index (κ1) is 13.7. The summed E-state index contributed by atoms with van der Waals surface area (Å²) in [5.41, 5.74) is 3.99. The second kappa shape index (κ2) is 6.43. The van der Waals surface area contributed by atoms with Gasteiger partial charge in [-0.25, -0.2) is 0 Å². The lowest BCUT2D eigenvalue weighted by Crippen LogP contribution is -2.20. The second-order valence-corrected chi connectivity index (χ2v) is 4.79. The number of para-hydroxylation sites is 1. The Bertz CT molecular complexity index is 517. The molecule has 0 spiro atoms. The van der Waals surface area contributed by atoms with Crippen LogP contribution in [0.5, 0.6) is 5.75 Å². The highest BCUT2D eigenvalue weighted by Gasteiger charge is 2.04. The molecule has 0 bridgehead atoms. The van der Waals surface area contributed by atoms with Crippen molar-refractivity contribution in [3.05, 3.63) is 53.3 Å². The zero-order valence-corrected chi connectivity index (χ0v) is 11.9. The molecule has 0 aliphatic heterocycles. The third kappa shape index (κ3) is 3.61. The van der Waals surface area contributed by atoms with Crippen LogP contribution in [0.15, 0.2) is 36.4 Å². The van der Waals surface area contributed by atoms with Gasteiger partial charge in [0.1, 0.15) is 12.4 Å². The summed E-state index contributed by atoms with van der Waals surface area (Å²) in [4.78, 5) is 0. The van der Waals surface area contributed by atoms with E-state index in [1.165, 1.54) is 17.0 Å². The van der Waals surface area contributed by atoms with E-state index in [-0.39, 0.29) is 0 Å². The van der Waals surface area contributed by atoms with Crippen molar-refractivity contribution in [1.29, 1.82) is 0 Å². The smallest absolute Gasteiger partial charge is 0.119 e. The third-order valence-electron chi connectivity index (χ3n) is 3.49. The average Bonchev–Trinajstić information content (AvgIpc) is 2.67. The van der Waals surface area contributed by atoms with Crippen LogP contribution in [0.25, 0.3) is 0 Å². The Morgan fingerprint density at radius 1 is 1.16 bits per heavy atom. The Balaban J connectivity index is 1.71. The first-order valence-corrected chi connectivity index (χ1v) is 6.69. The maximum Gasteiger partial charge on any atom is 0.119 e. The van der Waals surface area contributed by atoms with E-state index in [4.69, 9.17) is 4.74 Å². The molecule has 2 rings (SSSR count). The van der Waals surface area contributed by atoms with Crippen molar-refractivity contribution in [2.75, 3.05) is 13.2 Å². The third-order valence-corrected chi connectivity index (χ3v) is 3.49. The molecule has 0 atom stereocenters. The molecule has 19 heavy (non-hydrogen) atoms. The lowest BCUT2D eigenvalue weighted by atomic mass is 10.2. The van der Waals surface area contributed by atoms with Crippen molar-refractivity contribution in [2.45, 2.75) is 20.4 Å². The molecule has 0 aliphatic carbocycles. The maximum absolute atomic E-state index is 5.64. The fraction of sp³-hybridized carbons (Fsp3) is 0.375. The minimum absolute atomic E-state index is 0.689. The number of aromatic nitrogens is 1.